The molecule has 0 radical (unpaired) electrons. The predicted octanol–water partition coefficient (Wildman–Crippen LogP) is 2.91. The number of carbonyl (C=O) groups is 1. The van der Waals surface area contributed by atoms with E-state index in [0.29, 0.717) is 5.92 Å². The number of aliphatic hydroxyl groups excluding tert-OH is 1. The van der Waals surface area contributed by atoms with Crippen molar-refractivity contribution in [2.75, 3.05) is 6.61 Å². The van der Waals surface area contributed by atoms with Crippen molar-refractivity contribution in [1.29, 1.82) is 0 Å². The van der Waals surface area contributed by atoms with Crippen LogP contribution in [0.2, 0.25) is 0 Å². The van der Waals surface area contributed by atoms with Crippen molar-refractivity contribution in [3.63, 3.8) is 0 Å². The summed E-state index contributed by atoms with van der Waals surface area (Å²) in [6.07, 6.45) is 5.95. The van der Waals surface area contributed by atoms with Gasteiger partial charge in [0.15, 0.2) is 5.78 Å². The molecule has 0 bridgehead atoms. The van der Waals surface area contributed by atoms with Crippen LogP contribution in [0.1, 0.15) is 43.6 Å². The van der Waals surface area contributed by atoms with E-state index in [1.807, 2.05) is 30.3 Å². The van der Waals surface area contributed by atoms with Crippen LogP contribution in [0.5, 0.6) is 0 Å². The maximum absolute atomic E-state index is 12.0. The third-order valence-corrected chi connectivity index (χ3v) is 3.78. The van der Waals surface area contributed by atoms with Gasteiger partial charge in [0.05, 0.1) is 0 Å². The summed E-state index contributed by atoms with van der Waals surface area (Å²) in [5, 5.41) is 9.15. The van der Waals surface area contributed by atoms with Crippen LogP contribution in [0, 0.1) is 5.92 Å². The lowest BCUT2D eigenvalue weighted by Gasteiger charge is -2.29. The second-order valence-electron chi connectivity index (χ2n) is 4.91. The Morgan fingerprint density at radius 2 is 1.82 bits per heavy atom. The Hall–Kier alpha value is -1.15. The van der Waals surface area contributed by atoms with Crippen LogP contribution < -0.4 is 0 Å². The van der Waals surface area contributed by atoms with Crippen molar-refractivity contribution in [1.82, 2.24) is 0 Å². The van der Waals surface area contributed by atoms with Gasteiger partial charge < -0.3 is 5.11 Å². The second kappa shape index (κ2) is 5.97. The van der Waals surface area contributed by atoms with Gasteiger partial charge in [-0.3, -0.25) is 4.79 Å². The molecule has 1 aromatic rings. The lowest BCUT2D eigenvalue weighted by atomic mass is 9.75. The van der Waals surface area contributed by atoms with Gasteiger partial charge in [-0.25, -0.2) is 0 Å². The molecule has 0 amide bonds. The van der Waals surface area contributed by atoms with Crippen LogP contribution >= 0.6 is 0 Å². The van der Waals surface area contributed by atoms with E-state index in [1.54, 1.807) is 0 Å². The third kappa shape index (κ3) is 2.95. The Balaban J connectivity index is 2.21. The largest absolute Gasteiger partial charge is 0.389 e. The normalized spacial score (nSPS) is 18.9. The summed E-state index contributed by atoms with van der Waals surface area (Å²) < 4.78 is 0. The maximum Gasteiger partial charge on any atom is 0.165 e. The molecule has 2 nitrogen and oxygen atoms in total. The zero-order valence-corrected chi connectivity index (χ0v) is 10.1. The minimum Gasteiger partial charge on any atom is -0.389 e. The number of aliphatic hydroxyl groups is 1. The molecular formula is C15H20O2. The highest BCUT2D eigenvalue weighted by Crippen LogP contribution is 2.36. The van der Waals surface area contributed by atoms with E-state index in [1.165, 1.54) is 19.3 Å². The highest BCUT2D eigenvalue weighted by molar-refractivity contribution is 5.87. The van der Waals surface area contributed by atoms with E-state index >= 15 is 0 Å². The molecular weight excluding hydrogens is 212 g/mol. The Morgan fingerprint density at radius 1 is 1.18 bits per heavy atom. The van der Waals surface area contributed by atoms with Crippen LogP contribution in [-0.4, -0.2) is 17.5 Å². The molecule has 17 heavy (non-hydrogen) atoms. The SMILES string of the molecule is O=C(CO)C(c1ccccc1)C1CCCCC1. The molecule has 1 fully saturated rings. The summed E-state index contributed by atoms with van der Waals surface area (Å²) in [6, 6.07) is 9.91. The molecule has 1 unspecified atom stereocenters. The molecule has 1 aromatic carbocycles. The standard InChI is InChI=1S/C15H20O2/c16-11-14(17)15(12-7-3-1-4-8-12)13-9-5-2-6-10-13/h1,3-4,7-8,13,15-16H,2,5-6,9-11H2. The molecule has 1 atom stereocenters. The highest BCUT2D eigenvalue weighted by Gasteiger charge is 2.29. The van der Waals surface area contributed by atoms with E-state index in [0.717, 1.165) is 18.4 Å². The fourth-order valence-corrected chi connectivity index (χ4v) is 2.95. The molecule has 1 N–H and O–H groups in total. The molecule has 92 valence electrons. The predicted molar refractivity (Wildman–Crippen MR) is 67.9 cm³/mol. The summed E-state index contributed by atoms with van der Waals surface area (Å²) >= 11 is 0. The van der Waals surface area contributed by atoms with Crippen molar-refractivity contribution >= 4 is 5.78 Å². The monoisotopic (exact) mass is 232 g/mol. The molecule has 0 aliphatic heterocycles. The fraction of sp³-hybridized carbons (Fsp3) is 0.533. The first-order chi connectivity index (χ1) is 8.33. The number of carbonyl (C=O) groups excluding carboxylic acids is 1. The molecule has 2 rings (SSSR count). The first-order valence-electron chi connectivity index (χ1n) is 6.51. The number of Topliss-reactive ketones (excluding diaryl/α,β-unsaturated/α-hetero) is 1. The van der Waals surface area contributed by atoms with Crippen molar-refractivity contribution in [2.45, 2.75) is 38.0 Å². The molecule has 2 heteroatoms. The number of hydrogen-bond donors (Lipinski definition) is 1. The van der Waals surface area contributed by atoms with Crippen LogP contribution in [0.15, 0.2) is 30.3 Å². The van der Waals surface area contributed by atoms with Crippen molar-refractivity contribution in [2.24, 2.45) is 5.92 Å². The lowest BCUT2D eigenvalue weighted by Crippen LogP contribution is -2.26. The smallest absolute Gasteiger partial charge is 0.165 e. The van der Waals surface area contributed by atoms with Crippen molar-refractivity contribution < 1.29 is 9.90 Å². The average molecular weight is 232 g/mol. The third-order valence-electron chi connectivity index (χ3n) is 3.78. The number of benzene rings is 1. The topological polar surface area (TPSA) is 37.3 Å². The van der Waals surface area contributed by atoms with Gasteiger partial charge in [-0.1, -0.05) is 49.6 Å². The molecule has 1 aliphatic carbocycles. The van der Waals surface area contributed by atoms with Gasteiger partial charge in [0, 0.05) is 5.92 Å². The molecule has 1 aliphatic rings. The van der Waals surface area contributed by atoms with E-state index in [-0.39, 0.29) is 18.3 Å². The summed E-state index contributed by atoms with van der Waals surface area (Å²) in [5.74, 6) is 0.301. The molecule has 0 saturated heterocycles. The van der Waals surface area contributed by atoms with Gasteiger partial charge in [0.25, 0.3) is 0 Å². The van der Waals surface area contributed by atoms with E-state index in [9.17, 15) is 4.79 Å². The van der Waals surface area contributed by atoms with Gasteiger partial charge in [-0.05, 0) is 24.3 Å². The maximum atomic E-state index is 12.0. The Morgan fingerprint density at radius 3 is 2.41 bits per heavy atom. The zero-order valence-electron chi connectivity index (χ0n) is 10.1. The highest BCUT2D eigenvalue weighted by atomic mass is 16.3. The summed E-state index contributed by atoms with van der Waals surface area (Å²) in [7, 11) is 0. The quantitative estimate of drug-likeness (QED) is 0.866. The first-order valence-corrected chi connectivity index (χ1v) is 6.51. The van der Waals surface area contributed by atoms with Crippen LogP contribution in [0.25, 0.3) is 0 Å². The molecule has 0 aromatic heterocycles. The minimum atomic E-state index is -0.337. The van der Waals surface area contributed by atoms with Gasteiger partial charge in [-0.2, -0.15) is 0 Å². The van der Waals surface area contributed by atoms with Crippen LogP contribution in [0.3, 0.4) is 0 Å². The second-order valence-corrected chi connectivity index (χ2v) is 4.91. The Kier molecular flexibility index (Phi) is 4.32. The van der Waals surface area contributed by atoms with Crippen molar-refractivity contribution in [3.05, 3.63) is 35.9 Å². The summed E-state index contributed by atoms with van der Waals surface area (Å²) in [4.78, 5) is 12.0. The van der Waals surface area contributed by atoms with Gasteiger partial charge in [-0.15, -0.1) is 0 Å². The van der Waals surface area contributed by atoms with E-state index in [4.69, 9.17) is 5.11 Å². The van der Waals surface area contributed by atoms with E-state index in [2.05, 4.69) is 0 Å². The fourth-order valence-electron chi connectivity index (χ4n) is 2.95. The number of ketones is 1. The summed E-state index contributed by atoms with van der Waals surface area (Å²) in [6.45, 7) is -0.337. The number of hydrogen-bond acceptors (Lipinski definition) is 2. The molecule has 1 saturated carbocycles. The van der Waals surface area contributed by atoms with Crippen LogP contribution in [0.4, 0.5) is 0 Å². The average Bonchev–Trinajstić information content (AvgIpc) is 2.41. The Bertz CT molecular complexity index is 352. The first kappa shape index (κ1) is 12.3. The molecule has 0 heterocycles. The summed E-state index contributed by atoms with van der Waals surface area (Å²) in [5.41, 5.74) is 1.07. The lowest BCUT2D eigenvalue weighted by molar-refractivity contribution is -0.124. The Labute approximate surface area is 103 Å². The minimum absolute atomic E-state index is 0.0249. The zero-order chi connectivity index (χ0) is 12.1. The number of rotatable bonds is 4. The van der Waals surface area contributed by atoms with Gasteiger partial charge in [0.1, 0.15) is 6.61 Å². The molecule has 0 spiro atoms. The van der Waals surface area contributed by atoms with Gasteiger partial charge in [0.2, 0.25) is 0 Å². The van der Waals surface area contributed by atoms with Crippen LogP contribution in [-0.2, 0) is 4.79 Å². The van der Waals surface area contributed by atoms with Gasteiger partial charge >= 0.3 is 0 Å². The van der Waals surface area contributed by atoms with Crippen molar-refractivity contribution in [3.8, 4) is 0 Å². The van der Waals surface area contributed by atoms with E-state index < -0.39 is 0 Å².